The smallest absolute Gasteiger partial charge is 0.216 e. The molecule has 0 aliphatic rings. The van der Waals surface area contributed by atoms with E-state index in [1.807, 2.05) is 43.3 Å². The third-order valence-electron chi connectivity index (χ3n) is 3.52. The maximum absolute atomic E-state index is 12.0. The van der Waals surface area contributed by atoms with Crippen molar-refractivity contribution in [3.05, 3.63) is 65.2 Å². The van der Waals surface area contributed by atoms with E-state index in [2.05, 4.69) is 15.0 Å². The van der Waals surface area contributed by atoms with Crippen molar-refractivity contribution >= 4 is 45.6 Å². The summed E-state index contributed by atoms with van der Waals surface area (Å²) in [6.45, 7) is 6.03. The SMILES string of the molecule is Cc1cccc(NC(N)=NCc2ccc(CS(=O)(=O)NC(C)C)cc2)c1.I. The van der Waals surface area contributed by atoms with Crippen LogP contribution in [0.2, 0.25) is 0 Å². The standard InChI is InChI=1S/C19H26N4O2S.HI/c1-14(2)23-26(24,25)13-17-9-7-16(8-10-17)12-21-19(20)22-18-6-4-5-15(3)11-18;/h4-11,14,23H,12-13H2,1-3H3,(H3,20,21,22);1H. The van der Waals surface area contributed by atoms with Gasteiger partial charge in [0.05, 0.1) is 12.3 Å². The molecule has 0 amide bonds. The quantitative estimate of drug-likeness (QED) is 0.307. The Kier molecular flexibility index (Phi) is 9.20. The highest BCUT2D eigenvalue weighted by atomic mass is 127. The predicted octanol–water partition coefficient (Wildman–Crippen LogP) is 3.37. The molecule has 0 fully saturated rings. The first-order chi connectivity index (χ1) is 12.2. The number of hydrogen-bond acceptors (Lipinski definition) is 3. The van der Waals surface area contributed by atoms with Crippen molar-refractivity contribution in [3.8, 4) is 0 Å². The van der Waals surface area contributed by atoms with Crippen molar-refractivity contribution in [1.82, 2.24) is 4.72 Å². The zero-order chi connectivity index (χ0) is 19.2. The Bertz CT molecular complexity index is 866. The molecule has 0 bridgehead atoms. The predicted molar refractivity (Wildman–Crippen MR) is 123 cm³/mol. The molecular formula is C19H27IN4O2S. The third-order valence-corrected chi connectivity index (χ3v) is 5.06. The molecule has 0 saturated heterocycles. The first-order valence-electron chi connectivity index (χ1n) is 8.45. The molecule has 8 heteroatoms. The van der Waals surface area contributed by atoms with E-state index in [0.29, 0.717) is 12.5 Å². The lowest BCUT2D eigenvalue weighted by Crippen LogP contribution is -2.31. The minimum absolute atomic E-state index is 0. The molecule has 2 aromatic rings. The van der Waals surface area contributed by atoms with Gasteiger partial charge in [0.2, 0.25) is 10.0 Å². The summed E-state index contributed by atoms with van der Waals surface area (Å²) in [6, 6.07) is 15.1. The number of hydrogen-bond donors (Lipinski definition) is 3. The second-order valence-electron chi connectivity index (χ2n) is 6.54. The number of sulfonamides is 1. The summed E-state index contributed by atoms with van der Waals surface area (Å²) in [5.74, 6) is 0.301. The second-order valence-corrected chi connectivity index (χ2v) is 8.30. The number of aliphatic imine (C=N–C) groups is 1. The van der Waals surface area contributed by atoms with Gasteiger partial charge in [-0.05, 0) is 49.6 Å². The lowest BCUT2D eigenvalue weighted by molar-refractivity contribution is 0.569. The van der Waals surface area contributed by atoms with Crippen LogP contribution < -0.4 is 15.8 Å². The van der Waals surface area contributed by atoms with Gasteiger partial charge in [-0.3, -0.25) is 0 Å². The van der Waals surface area contributed by atoms with Gasteiger partial charge in [-0.1, -0.05) is 36.4 Å². The van der Waals surface area contributed by atoms with Crippen LogP contribution in [0.4, 0.5) is 5.69 Å². The summed E-state index contributed by atoms with van der Waals surface area (Å²) < 4.78 is 26.5. The highest BCUT2D eigenvalue weighted by Gasteiger charge is 2.12. The van der Waals surface area contributed by atoms with Gasteiger partial charge in [0.25, 0.3) is 0 Å². The topological polar surface area (TPSA) is 96.6 Å². The number of aryl methyl sites for hydroxylation is 1. The summed E-state index contributed by atoms with van der Waals surface area (Å²) in [5.41, 5.74) is 9.64. The Morgan fingerprint density at radius 1 is 1.11 bits per heavy atom. The maximum Gasteiger partial charge on any atom is 0.216 e. The van der Waals surface area contributed by atoms with Gasteiger partial charge in [-0.25, -0.2) is 18.1 Å². The molecule has 0 aliphatic heterocycles. The Hall–Kier alpha value is -1.65. The maximum atomic E-state index is 12.0. The minimum Gasteiger partial charge on any atom is -0.370 e. The van der Waals surface area contributed by atoms with Crippen molar-refractivity contribution in [3.63, 3.8) is 0 Å². The molecule has 6 nitrogen and oxygen atoms in total. The molecule has 0 radical (unpaired) electrons. The van der Waals surface area contributed by atoms with E-state index in [0.717, 1.165) is 22.4 Å². The molecule has 0 saturated carbocycles. The summed E-state index contributed by atoms with van der Waals surface area (Å²) in [6.07, 6.45) is 0. The van der Waals surface area contributed by atoms with E-state index in [-0.39, 0.29) is 35.8 Å². The fourth-order valence-electron chi connectivity index (χ4n) is 2.45. The molecule has 4 N–H and O–H groups in total. The van der Waals surface area contributed by atoms with Gasteiger partial charge < -0.3 is 11.1 Å². The van der Waals surface area contributed by atoms with Gasteiger partial charge in [0.1, 0.15) is 0 Å². The van der Waals surface area contributed by atoms with Gasteiger partial charge >= 0.3 is 0 Å². The monoisotopic (exact) mass is 502 g/mol. The van der Waals surface area contributed by atoms with Gasteiger partial charge in [0, 0.05) is 11.7 Å². The Morgan fingerprint density at radius 3 is 2.33 bits per heavy atom. The Morgan fingerprint density at radius 2 is 1.74 bits per heavy atom. The molecule has 0 heterocycles. The molecular weight excluding hydrogens is 475 g/mol. The molecule has 0 aromatic heterocycles. The number of halogens is 1. The molecule has 0 atom stereocenters. The highest BCUT2D eigenvalue weighted by molar-refractivity contribution is 14.0. The Labute approximate surface area is 178 Å². The lowest BCUT2D eigenvalue weighted by Gasteiger charge is -2.10. The van der Waals surface area contributed by atoms with Crippen molar-refractivity contribution in [2.75, 3.05) is 5.32 Å². The van der Waals surface area contributed by atoms with Gasteiger partial charge in [-0.2, -0.15) is 0 Å². The van der Waals surface area contributed by atoms with Crippen LogP contribution in [-0.2, 0) is 22.3 Å². The number of anilines is 1. The van der Waals surface area contributed by atoms with E-state index < -0.39 is 10.0 Å². The van der Waals surface area contributed by atoms with E-state index >= 15 is 0 Å². The first-order valence-corrected chi connectivity index (χ1v) is 10.1. The number of nitrogens with two attached hydrogens (primary N) is 1. The summed E-state index contributed by atoms with van der Waals surface area (Å²) >= 11 is 0. The Balaban J connectivity index is 0.00000364. The van der Waals surface area contributed by atoms with Crippen LogP contribution >= 0.6 is 24.0 Å². The van der Waals surface area contributed by atoms with E-state index in [4.69, 9.17) is 5.73 Å². The van der Waals surface area contributed by atoms with E-state index in [1.165, 1.54) is 0 Å². The number of nitrogens with zero attached hydrogens (tertiary/aromatic N) is 1. The van der Waals surface area contributed by atoms with Crippen molar-refractivity contribution < 1.29 is 8.42 Å². The number of benzene rings is 2. The van der Waals surface area contributed by atoms with Crippen molar-refractivity contribution in [1.29, 1.82) is 0 Å². The van der Waals surface area contributed by atoms with Gasteiger partial charge in [0.15, 0.2) is 5.96 Å². The van der Waals surface area contributed by atoms with Crippen LogP contribution in [-0.4, -0.2) is 20.4 Å². The van der Waals surface area contributed by atoms with Crippen LogP contribution in [0.15, 0.2) is 53.5 Å². The van der Waals surface area contributed by atoms with Crippen LogP contribution in [0.3, 0.4) is 0 Å². The molecule has 0 spiro atoms. The summed E-state index contributed by atoms with van der Waals surface area (Å²) in [5, 5.41) is 3.05. The van der Waals surface area contributed by atoms with E-state index in [1.54, 1.807) is 26.0 Å². The minimum atomic E-state index is -3.32. The van der Waals surface area contributed by atoms with Crippen molar-refractivity contribution in [2.24, 2.45) is 10.7 Å². The van der Waals surface area contributed by atoms with Crippen LogP contribution in [0.25, 0.3) is 0 Å². The molecule has 2 rings (SSSR count). The second kappa shape index (κ2) is 10.6. The normalized spacial score (nSPS) is 11.9. The molecule has 148 valence electrons. The van der Waals surface area contributed by atoms with Crippen LogP contribution in [0, 0.1) is 6.92 Å². The average molecular weight is 502 g/mol. The number of nitrogens with one attached hydrogen (secondary N) is 2. The fourth-order valence-corrected chi connectivity index (χ4v) is 3.88. The zero-order valence-corrected chi connectivity index (χ0v) is 18.9. The number of rotatable bonds is 7. The van der Waals surface area contributed by atoms with Crippen LogP contribution in [0.1, 0.15) is 30.5 Å². The summed E-state index contributed by atoms with van der Waals surface area (Å²) in [4.78, 5) is 4.32. The first kappa shape index (κ1) is 23.4. The molecule has 2 aromatic carbocycles. The molecule has 0 unspecified atom stereocenters. The zero-order valence-electron chi connectivity index (χ0n) is 15.8. The lowest BCUT2D eigenvalue weighted by atomic mass is 10.1. The fraction of sp³-hybridized carbons (Fsp3) is 0.316. The molecule has 27 heavy (non-hydrogen) atoms. The molecule has 0 aliphatic carbocycles. The van der Waals surface area contributed by atoms with Crippen molar-refractivity contribution in [2.45, 2.75) is 39.1 Å². The number of guanidine groups is 1. The highest BCUT2D eigenvalue weighted by Crippen LogP contribution is 2.11. The third kappa shape index (κ3) is 8.72. The van der Waals surface area contributed by atoms with E-state index in [9.17, 15) is 8.42 Å². The summed E-state index contributed by atoms with van der Waals surface area (Å²) in [7, 11) is -3.32. The van der Waals surface area contributed by atoms with Crippen LogP contribution in [0.5, 0.6) is 0 Å². The van der Waals surface area contributed by atoms with Gasteiger partial charge in [-0.15, -0.1) is 24.0 Å². The largest absolute Gasteiger partial charge is 0.370 e. The average Bonchev–Trinajstić information content (AvgIpc) is 2.52.